The molecular formula is C21H25N3O2S. The summed E-state index contributed by atoms with van der Waals surface area (Å²) in [6.07, 6.45) is 0. The summed E-state index contributed by atoms with van der Waals surface area (Å²) in [7, 11) is 0. The molecule has 2 aromatic rings. The van der Waals surface area contributed by atoms with Crippen molar-refractivity contribution in [2.45, 2.75) is 25.4 Å². The van der Waals surface area contributed by atoms with Gasteiger partial charge in [-0.3, -0.25) is 9.69 Å². The van der Waals surface area contributed by atoms with Crippen molar-refractivity contribution in [1.82, 2.24) is 0 Å². The maximum Gasteiger partial charge on any atom is 0.251 e. The number of ether oxygens (including phenoxy) is 1. The van der Waals surface area contributed by atoms with Crippen LogP contribution in [0.1, 0.15) is 12.5 Å². The third-order valence-corrected chi connectivity index (χ3v) is 5.84. The fraction of sp³-hybridized carbons (Fsp3) is 0.381. The summed E-state index contributed by atoms with van der Waals surface area (Å²) in [6, 6.07) is 15.9. The molecule has 2 aromatic carbocycles. The van der Waals surface area contributed by atoms with Gasteiger partial charge in [0.2, 0.25) is 0 Å². The van der Waals surface area contributed by atoms with Gasteiger partial charge in [-0.2, -0.15) is 0 Å². The Morgan fingerprint density at radius 3 is 2.41 bits per heavy atom. The molecule has 6 heteroatoms. The largest absolute Gasteiger partial charge is 0.378 e. The van der Waals surface area contributed by atoms with E-state index < -0.39 is 0 Å². The Labute approximate surface area is 165 Å². The molecule has 2 atom stereocenters. The molecule has 2 aliphatic heterocycles. The lowest BCUT2D eigenvalue weighted by atomic mass is 10.1. The quantitative estimate of drug-likeness (QED) is 0.825. The number of morpholine rings is 1. The van der Waals surface area contributed by atoms with Crippen LogP contribution in [0, 0.1) is 6.92 Å². The van der Waals surface area contributed by atoms with Crippen molar-refractivity contribution >= 4 is 35.6 Å². The fourth-order valence-electron chi connectivity index (χ4n) is 3.89. The average Bonchev–Trinajstić information content (AvgIpc) is 2.92. The summed E-state index contributed by atoms with van der Waals surface area (Å²) in [5.74, 6) is 0.0675. The van der Waals surface area contributed by atoms with E-state index in [0.717, 1.165) is 43.2 Å². The van der Waals surface area contributed by atoms with Gasteiger partial charge in [-0.15, -0.1) is 12.6 Å². The Morgan fingerprint density at radius 1 is 1.04 bits per heavy atom. The molecule has 0 N–H and O–H groups in total. The zero-order valence-electron chi connectivity index (χ0n) is 15.7. The number of rotatable bonds is 3. The standard InChI is InChI=1S/C21H25N3O2S/c1-15-14-18(22-10-12-26-13-11-22)8-9-19(15)23-16(2)20(25)24(21(23)27)17-6-4-3-5-7-17/h3-9,14,16,21,27H,10-13H2,1-2H3. The molecule has 2 aliphatic rings. The summed E-state index contributed by atoms with van der Waals surface area (Å²) in [5.41, 5.74) is 3.94. The molecule has 2 fully saturated rings. The van der Waals surface area contributed by atoms with E-state index in [9.17, 15) is 4.79 Å². The van der Waals surface area contributed by atoms with E-state index in [2.05, 4.69) is 34.9 Å². The van der Waals surface area contributed by atoms with Crippen LogP contribution in [-0.4, -0.2) is 43.8 Å². The number of carbonyl (C=O) groups excluding carboxylic acids is 1. The first-order chi connectivity index (χ1) is 13.1. The predicted octanol–water partition coefficient (Wildman–Crippen LogP) is 3.29. The van der Waals surface area contributed by atoms with Crippen LogP contribution in [0.25, 0.3) is 0 Å². The molecule has 4 rings (SSSR count). The zero-order chi connectivity index (χ0) is 19.0. The van der Waals surface area contributed by atoms with Crippen LogP contribution < -0.4 is 14.7 Å². The van der Waals surface area contributed by atoms with Crippen molar-refractivity contribution < 1.29 is 9.53 Å². The van der Waals surface area contributed by atoms with Crippen molar-refractivity contribution in [3.63, 3.8) is 0 Å². The predicted molar refractivity (Wildman–Crippen MR) is 113 cm³/mol. The van der Waals surface area contributed by atoms with Crippen LogP contribution in [-0.2, 0) is 9.53 Å². The van der Waals surface area contributed by atoms with Crippen LogP contribution in [0.3, 0.4) is 0 Å². The first kappa shape index (κ1) is 18.2. The molecular weight excluding hydrogens is 358 g/mol. The first-order valence-electron chi connectivity index (χ1n) is 9.36. The maximum absolute atomic E-state index is 12.9. The van der Waals surface area contributed by atoms with E-state index >= 15 is 0 Å². The van der Waals surface area contributed by atoms with Crippen LogP contribution in [0.5, 0.6) is 0 Å². The highest BCUT2D eigenvalue weighted by molar-refractivity contribution is 7.81. The number of carbonyl (C=O) groups is 1. The number of amides is 1. The van der Waals surface area contributed by atoms with Crippen LogP contribution in [0.2, 0.25) is 0 Å². The molecule has 2 saturated heterocycles. The maximum atomic E-state index is 12.9. The monoisotopic (exact) mass is 383 g/mol. The fourth-order valence-corrected chi connectivity index (χ4v) is 4.46. The van der Waals surface area contributed by atoms with E-state index in [1.807, 2.05) is 37.3 Å². The SMILES string of the molecule is Cc1cc(N2CCOCC2)ccc1N1C(C)C(=O)N(c2ccccc2)C1S. The van der Waals surface area contributed by atoms with Crippen LogP contribution in [0.15, 0.2) is 48.5 Å². The Kier molecular flexibility index (Phi) is 5.02. The third kappa shape index (κ3) is 3.28. The van der Waals surface area contributed by atoms with E-state index in [1.165, 1.54) is 5.69 Å². The van der Waals surface area contributed by atoms with Gasteiger partial charge in [-0.1, -0.05) is 18.2 Å². The number of para-hydroxylation sites is 1. The summed E-state index contributed by atoms with van der Waals surface area (Å²) >= 11 is 4.80. The van der Waals surface area contributed by atoms with Gasteiger partial charge in [0.25, 0.3) is 5.91 Å². The minimum absolute atomic E-state index is 0.0675. The number of benzene rings is 2. The lowest BCUT2D eigenvalue weighted by molar-refractivity contribution is -0.117. The number of hydrogen-bond acceptors (Lipinski definition) is 5. The van der Waals surface area contributed by atoms with Crippen molar-refractivity contribution in [2.75, 3.05) is 41.0 Å². The molecule has 0 spiro atoms. The van der Waals surface area contributed by atoms with Gasteiger partial charge < -0.3 is 14.5 Å². The summed E-state index contributed by atoms with van der Waals surface area (Å²) in [6.45, 7) is 7.40. The first-order valence-corrected chi connectivity index (χ1v) is 9.87. The second kappa shape index (κ2) is 7.44. The van der Waals surface area contributed by atoms with Gasteiger partial charge in [0.1, 0.15) is 6.04 Å². The lowest BCUT2D eigenvalue weighted by Crippen LogP contribution is -2.37. The second-order valence-corrected chi connectivity index (χ2v) is 7.51. The van der Waals surface area contributed by atoms with Gasteiger partial charge in [0.15, 0.2) is 5.50 Å². The molecule has 27 heavy (non-hydrogen) atoms. The normalized spacial score (nSPS) is 23.2. The molecule has 0 aromatic heterocycles. The van der Waals surface area contributed by atoms with Crippen molar-refractivity contribution in [3.8, 4) is 0 Å². The second-order valence-electron chi connectivity index (χ2n) is 7.04. The minimum atomic E-state index is -0.331. The number of thiol groups is 1. The number of hydrogen-bond donors (Lipinski definition) is 1. The molecule has 0 saturated carbocycles. The molecule has 0 bridgehead atoms. The summed E-state index contributed by atoms with van der Waals surface area (Å²) in [5, 5.41) is 0. The molecule has 2 unspecified atom stereocenters. The summed E-state index contributed by atoms with van der Waals surface area (Å²) < 4.78 is 5.45. The molecule has 0 aliphatic carbocycles. The van der Waals surface area contributed by atoms with Crippen molar-refractivity contribution in [2.24, 2.45) is 0 Å². The minimum Gasteiger partial charge on any atom is -0.378 e. The lowest BCUT2D eigenvalue weighted by Gasteiger charge is -2.32. The van der Waals surface area contributed by atoms with Gasteiger partial charge >= 0.3 is 0 Å². The topological polar surface area (TPSA) is 36.0 Å². The smallest absolute Gasteiger partial charge is 0.251 e. The molecule has 5 nitrogen and oxygen atoms in total. The van der Waals surface area contributed by atoms with E-state index in [1.54, 1.807) is 4.90 Å². The van der Waals surface area contributed by atoms with E-state index in [4.69, 9.17) is 17.4 Å². The van der Waals surface area contributed by atoms with Crippen LogP contribution in [0.4, 0.5) is 17.1 Å². The Bertz CT molecular complexity index is 823. The number of aryl methyl sites for hydroxylation is 1. The van der Waals surface area contributed by atoms with Crippen LogP contribution >= 0.6 is 12.6 Å². The highest BCUT2D eigenvalue weighted by Gasteiger charge is 2.43. The number of anilines is 3. The Hall–Kier alpha value is -2.18. The highest BCUT2D eigenvalue weighted by Crippen LogP contribution is 2.37. The molecule has 1 amide bonds. The van der Waals surface area contributed by atoms with Crippen molar-refractivity contribution in [3.05, 3.63) is 54.1 Å². The number of nitrogens with zero attached hydrogens (tertiary/aromatic N) is 3. The Morgan fingerprint density at radius 2 is 1.74 bits per heavy atom. The molecule has 2 heterocycles. The van der Waals surface area contributed by atoms with Crippen molar-refractivity contribution in [1.29, 1.82) is 0 Å². The van der Waals surface area contributed by atoms with Gasteiger partial charge in [-0.25, -0.2) is 0 Å². The van der Waals surface area contributed by atoms with Gasteiger partial charge in [-0.05, 0) is 49.7 Å². The zero-order valence-corrected chi connectivity index (χ0v) is 16.6. The summed E-state index contributed by atoms with van der Waals surface area (Å²) in [4.78, 5) is 19.1. The third-order valence-electron chi connectivity index (χ3n) is 5.36. The Balaban J connectivity index is 1.63. The average molecular weight is 384 g/mol. The van der Waals surface area contributed by atoms with Gasteiger partial charge in [0.05, 0.1) is 13.2 Å². The van der Waals surface area contributed by atoms with E-state index in [0.29, 0.717) is 0 Å². The molecule has 142 valence electrons. The van der Waals surface area contributed by atoms with E-state index in [-0.39, 0.29) is 17.4 Å². The van der Waals surface area contributed by atoms with Gasteiger partial charge in [0, 0.05) is 30.2 Å². The highest BCUT2D eigenvalue weighted by atomic mass is 32.1. The molecule has 0 radical (unpaired) electrons.